The number of hydrogen-bond donors (Lipinski definition) is 4. The first-order valence-electron chi connectivity index (χ1n) is 15.1. The molecule has 4 atom stereocenters. The number of amides is 3. The molecular formula is C33H42ClN3O6. The molecule has 2 aromatic rings. The average Bonchev–Trinajstić information content (AvgIpc) is 3.40. The highest BCUT2D eigenvalue weighted by Gasteiger charge is 2.38. The molecule has 0 bridgehead atoms. The predicted octanol–water partition coefficient (Wildman–Crippen LogP) is 5.52. The summed E-state index contributed by atoms with van der Waals surface area (Å²) >= 11 is 6.30. The topological polar surface area (TPSA) is 134 Å². The Morgan fingerprint density at radius 2 is 1.70 bits per heavy atom. The highest BCUT2D eigenvalue weighted by atomic mass is 35.5. The maximum atomic E-state index is 13.6. The number of carboxylic acid groups (broad SMARTS) is 1. The number of halogens is 1. The minimum atomic E-state index is -1.26. The summed E-state index contributed by atoms with van der Waals surface area (Å²) in [5, 5.41) is 18.5. The fourth-order valence-corrected chi connectivity index (χ4v) is 6.41. The molecule has 2 aliphatic rings. The van der Waals surface area contributed by atoms with E-state index in [9.17, 15) is 24.3 Å². The lowest BCUT2D eigenvalue weighted by molar-refractivity contribution is -0.143. The van der Waals surface area contributed by atoms with Crippen molar-refractivity contribution < 1.29 is 29.0 Å². The molecule has 1 unspecified atom stereocenters. The molecule has 232 valence electrons. The van der Waals surface area contributed by atoms with Gasteiger partial charge in [-0.15, -0.1) is 0 Å². The summed E-state index contributed by atoms with van der Waals surface area (Å²) in [7, 11) is 0. The quantitative estimate of drug-likeness (QED) is 0.250. The van der Waals surface area contributed by atoms with E-state index in [0.717, 1.165) is 43.2 Å². The van der Waals surface area contributed by atoms with E-state index in [2.05, 4.69) is 16.0 Å². The first kappa shape index (κ1) is 32.3. The van der Waals surface area contributed by atoms with E-state index >= 15 is 0 Å². The van der Waals surface area contributed by atoms with Crippen molar-refractivity contribution >= 4 is 35.5 Å². The number of hydrogen-bond acceptors (Lipinski definition) is 5. The Morgan fingerprint density at radius 3 is 2.33 bits per heavy atom. The van der Waals surface area contributed by atoms with Crippen LogP contribution in [0.5, 0.6) is 0 Å². The van der Waals surface area contributed by atoms with E-state index in [1.54, 1.807) is 6.07 Å². The van der Waals surface area contributed by atoms with Crippen molar-refractivity contribution in [3.05, 3.63) is 70.7 Å². The number of carbonyl (C=O) groups is 4. The fourth-order valence-electron chi connectivity index (χ4n) is 6.22. The molecule has 1 aliphatic carbocycles. The third-order valence-electron chi connectivity index (χ3n) is 8.75. The molecule has 0 aromatic heterocycles. The highest BCUT2D eigenvalue weighted by Crippen LogP contribution is 2.40. The third kappa shape index (κ3) is 8.72. The molecule has 0 spiro atoms. The summed E-state index contributed by atoms with van der Waals surface area (Å²) in [6.07, 6.45) is 4.44. The molecule has 4 rings (SSSR count). The maximum absolute atomic E-state index is 13.6. The summed E-state index contributed by atoms with van der Waals surface area (Å²) in [5.74, 6) is -2.31. The Hall–Kier alpha value is -3.59. The molecule has 43 heavy (non-hydrogen) atoms. The summed E-state index contributed by atoms with van der Waals surface area (Å²) in [6.45, 7) is 4.41. The molecule has 4 N–H and O–H groups in total. The number of alkyl carbamates (subject to hydrolysis) is 1. The van der Waals surface area contributed by atoms with Gasteiger partial charge in [0, 0.05) is 22.9 Å². The zero-order valence-electron chi connectivity index (χ0n) is 24.8. The number of rotatable bonds is 12. The van der Waals surface area contributed by atoms with Crippen molar-refractivity contribution in [3.63, 3.8) is 0 Å². The van der Waals surface area contributed by atoms with E-state index in [4.69, 9.17) is 16.3 Å². The minimum Gasteiger partial charge on any atom is -0.480 e. The van der Waals surface area contributed by atoms with Gasteiger partial charge in [-0.25, -0.2) is 9.59 Å². The molecule has 1 aliphatic heterocycles. The minimum absolute atomic E-state index is 0.0165. The van der Waals surface area contributed by atoms with Gasteiger partial charge in [-0.2, -0.15) is 0 Å². The first-order chi connectivity index (χ1) is 20.5. The Bertz CT molecular complexity index is 1280. The van der Waals surface area contributed by atoms with E-state index in [1.165, 1.54) is 0 Å². The maximum Gasteiger partial charge on any atom is 0.408 e. The van der Waals surface area contributed by atoms with E-state index < -0.39 is 47.5 Å². The number of nitrogens with one attached hydrogen (secondary N) is 3. The zero-order chi connectivity index (χ0) is 31.0. The largest absolute Gasteiger partial charge is 0.480 e. The van der Waals surface area contributed by atoms with E-state index in [-0.39, 0.29) is 18.2 Å². The number of aliphatic carboxylic acids is 1. The number of ether oxygens (including phenoxy) is 1. The number of carbonyl (C=O) groups excluding carboxylic acids is 3. The van der Waals surface area contributed by atoms with Gasteiger partial charge in [0.15, 0.2) is 0 Å². The lowest BCUT2D eigenvalue weighted by Gasteiger charge is -2.35. The van der Waals surface area contributed by atoms with Gasteiger partial charge in [0.25, 0.3) is 0 Å². The van der Waals surface area contributed by atoms with Crippen molar-refractivity contribution in [2.45, 2.75) is 88.8 Å². The van der Waals surface area contributed by atoms with Gasteiger partial charge < -0.3 is 25.8 Å². The second-order valence-electron chi connectivity index (χ2n) is 12.3. The van der Waals surface area contributed by atoms with Gasteiger partial charge in [0.2, 0.25) is 11.8 Å². The van der Waals surface area contributed by atoms with Crippen LogP contribution in [0.2, 0.25) is 5.02 Å². The molecule has 1 heterocycles. The normalized spacial score (nSPS) is 19.5. The average molecular weight is 612 g/mol. The van der Waals surface area contributed by atoms with E-state index in [1.807, 2.05) is 62.4 Å². The predicted molar refractivity (Wildman–Crippen MR) is 164 cm³/mol. The Balaban J connectivity index is 1.54. The summed E-state index contributed by atoms with van der Waals surface area (Å²) < 4.78 is 6.10. The number of benzene rings is 2. The third-order valence-corrected chi connectivity index (χ3v) is 8.99. The SMILES string of the molecule is CC(C)(c1cccc(Cl)c1)C(OC(=O)N[C@@H](CC1CCCCC1)C(=O)N[C@@H](C[C@@H]1CCNC1=O)C(=O)O)c1ccccc1. The summed E-state index contributed by atoms with van der Waals surface area (Å²) in [5.41, 5.74) is 0.955. The monoisotopic (exact) mass is 611 g/mol. The van der Waals surface area contributed by atoms with Crippen LogP contribution in [0.1, 0.15) is 82.4 Å². The Morgan fingerprint density at radius 1 is 0.977 bits per heavy atom. The summed E-state index contributed by atoms with van der Waals surface area (Å²) in [4.78, 5) is 51.3. The lowest BCUT2D eigenvalue weighted by atomic mass is 9.76. The number of carboxylic acids is 1. The molecule has 10 heteroatoms. The molecule has 9 nitrogen and oxygen atoms in total. The van der Waals surface area contributed by atoms with Crippen molar-refractivity contribution in [3.8, 4) is 0 Å². The Labute approximate surface area is 258 Å². The van der Waals surface area contributed by atoms with Crippen molar-refractivity contribution in [2.75, 3.05) is 6.54 Å². The first-order valence-corrected chi connectivity index (χ1v) is 15.5. The van der Waals surface area contributed by atoms with Crippen LogP contribution in [0, 0.1) is 11.8 Å². The second-order valence-corrected chi connectivity index (χ2v) is 12.7. The fraction of sp³-hybridized carbons (Fsp3) is 0.515. The van der Waals surface area contributed by atoms with Gasteiger partial charge >= 0.3 is 12.1 Å². The molecule has 2 aromatic carbocycles. The van der Waals surface area contributed by atoms with Crippen LogP contribution in [0.3, 0.4) is 0 Å². The van der Waals surface area contributed by atoms with Crippen LogP contribution in [0.15, 0.2) is 54.6 Å². The molecule has 2 fully saturated rings. The second kappa shape index (κ2) is 14.7. The van der Waals surface area contributed by atoms with Gasteiger partial charge in [0.05, 0.1) is 0 Å². The van der Waals surface area contributed by atoms with Crippen LogP contribution in [0.4, 0.5) is 4.79 Å². The van der Waals surface area contributed by atoms with Gasteiger partial charge in [-0.05, 0) is 48.4 Å². The van der Waals surface area contributed by atoms with Crippen LogP contribution in [-0.2, 0) is 24.5 Å². The van der Waals surface area contributed by atoms with Crippen LogP contribution in [0.25, 0.3) is 0 Å². The van der Waals surface area contributed by atoms with Crippen LogP contribution < -0.4 is 16.0 Å². The van der Waals surface area contributed by atoms with Crippen molar-refractivity contribution in [1.82, 2.24) is 16.0 Å². The zero-order valence-corrected chi connectivity index (χ0v) is 25.6. The smallest absolute Gasteiger partial charge is 0.408 e. The molecule has 1 saturated heterocycles. The van der Waals surface area contributed by atoms with E-state index in [0.29, 0.717) is 24.4 Å². The molecule has 0 radical (unpaired) electrons. The summed E-state index contributed by atoms with van der Waals surface area (Å²) in [6, 6.07) is 14.5. The highest BCUT2D eigenvalue weighted by molar-refractivity contribution is 6.30. The Kier molecular flexibility index (Phi) is 11.1. The standard InChI is InChI=1S/C33H42ClN3O6/c1-33(2,24-14-9-15-25(34)20-24)28(22-12-7-4-8-13-22)43-32(42)37-26(18-21-10-5-3-6-11-21)30(39)36-27(31(40)41)19-23-16-17-35-29(23)38/h4,7-9,12-15,20-21,23,26-28H,3,5-6,10-11,16-19H2,1-2H3,(H,35,38)(H,36,39)(H,37,42)(H,40,41)/t23-,26-,27-,28?/m0/s1. The van der Waals surface area contributed by atoms with Crippen LogP contribution >= 0.6 is 11.6 Å². The van der Waals surface area contributed by atoms with Crippen molar-refractivity contribution in [2.24, 2.45) is 11.8 Å². The lowest BCUT2D eigenvalue weighted by Crippen LogP contribution is -2.53. The molecule has 1 saturated carbocycles. The van der Waals surface area contributed by atoms with Crippen molar-refractivity contribution in [1.29, 1.82) is 0 Å². The van der Waals surface area contributed by atoms with Crippen LogP contribution in [-0.4, -0.2) is 47.6 Å². The van der Waals surface area contributed by atoms with Gasteiger partial charge in [-0.1, -0.05) is 100 Å². The molecule has 3 amide bonds. The van der Waals surface area contributed by atoms with Gasteiger partial charge in [0.1, 0.15) is 18.2 Å². The molecular weight excluding hydrogens is 570 g/mol. The van der Waals surface area contributed by atoms with Gasteiger partial charge in [-0.3, -0.25) is 9.59 Å².